The van der Waals surface area contributed by atoms with Crippen LogP contribution in [0.2, 0.25) is 0 Å². The van der Waals surface area contributed by atoms with Crippen LogP contribution in [0.1, 0.15) is 38.5 Å². The van der Waals surface area contributed by atoms with E-state index in [1.54, 1.807) is 19.0 Å². The molecule has 0 radical (unpaired) electrons. The molecule has 0 aromatic rings. The molecule has 3 aliphatic rings. The lowest BCUT2D eigenvalue weighted by atomic mass is 9.95. The molecule has 3 rings (SSSR count). The lowest BCUT2D eigenvalue weighted by molar-refractivity contribution is -0.127. The molecular weight excluding hydrogens is 344 g/mol. The van der Waals surface area contributed by atoms with Gasteiger partial charge in [0.25, 0.3) is 0 Å². The molecule has 3 fully saturated rings. The highest BCUT2D eigenvalue weighted by atomic mass is 16.5. The van der Waals surface area contributed by atoms with Crippen molar-refractivity contribution in [1.82, 2.24) is 15.5 Å². The Kier molecular flexibility index (Phi) is 7.76. The van der Waals surface area contributed by atoms with Gasteiger partial charge in [0.1, 0.15) is 6.54 Å². The topological polar surface area (TPSA) is 75.2 Å². The molecule has 2 N–H and O–H groups in total. The van der Waals surface area contributed by atoms with Gasteiger partial charge in [-0.2, -0.15) is 0 Å². The number of likely N-dealkylation sites (N-methyl/N-ethyl adjacent to an activating group) is 1. The van der Waals surface area contributed by atoms with Gasteiger partial charge in [-0.1, -0.05) is 6.42 Å². The number of ether oxygens (including phenoxy) is 2. The van der Waals surface area contributed by atoms with Crippen molar-refractivity contribution in [1.29, 1.82) is 0 Å². The number of nitrogens with zero attached hydrogens (tertiary/aromatic N) is 2. The smallest absolute Gasteiger partial charge is 0.243 e. The molecule has 1 saturated heterocycles. The molecule has 27 heavy (non-hydrogen) atoms. The van der Waals surface area contributed by atoms with Crippen LogP contribution in [0.25, 0.3) is 0 Å². The first kappa shape index (κ1) is 20.4. The summed E-state index contributed by atoms with van der Waals surface area (Å²) < 4.78 is 11.1. The number of hydrogen-bond acceptors (Lipinski definition) is 4. The Balaban J connectivity index is 1.38. The van der Waals surface area contributed by atoms with Crippen LogP contribution in [-0.4, -0.2) is 76.4 Å². The fourth-order valence-corrected chi connectivity index (χ4v) is 4.38. The monoisotopic (exact) mass is 380 g/mol. The average Bonchev–Trinajstić information content (AvgIpc) is 3.40. The molecule has 1 aliphatic heterocycles. The molecule has 7 nitrogen and oxygen atoms in total. The molecular formula is C20H36N4O3. The zero-order chi connectivity index (χ0) is 19.1. The van der Waals surface area contributed by atoms with Crippen LogP contribution in [0.3, 0.4) is 0 Å². The molecule has 154 valence electrons. The van der Waals surface area contributed by atoms with Gasteiger partial charge in [-0.15, -0.1) is 0 Å². The van der Waals surface area contributed by atoms with Gasteiger partial charge in [0.05, 0.1) is 13.2 Å². The Morgan fingerprint density at radius 3 is 2.81 bits per heavy atom. The van der Waals surface area contributed by atoms with Gasteiger partial charge >= 0.3 is 0 Å². The number of guanidine groups is 1. The molecule has 1 amide bonds. The molecule has 0 aromatic heterocycles. The zero-order valence-electron chi connectivity index (χ0n) is 16.9. The summed E-state index contributed by atoms with van der Waals surface area (Å²) in [5.74, 6) is 3.00. The van der Waals surface area contributed by atoms with Crippen molar-refractivity contribution in [2.24, 2.45) is 22.7 Å². The third-order valence-corrected chi connectivity index (χ3v) is 6.07. The maximum Gasteiger partial charge on any atom is 0.243 e. The first-order chi connectivity index (χ1) is 13.1. The first-order valence-corrected chi connectivity index (χ1v) is 10.5. The second-order valence-corrected chi connectivity index (χ2v) is 8.46. The van der Waals surface area contributed by atoms with Crippen LogP contribution in [-0.2, 0) is 14.3 Å². The second kappa shape index (κ2) is 10.3. The van der Waals surface area contributed by atoms with E-state index in [9.17, 15) is 4.79 Å². The summed E-state index contributed by atoms with van der Waals surface area (Å²) in [4.78, 5) is 18.0. The number of fused-ring (bicyclic) bond motifs is 2. The van der Waals surface area contributed by atoms with Crippen LogP contribution in [0, 0.1) is 17.8 Å². The average molecular weight is 381 g/mol. The highest BCUT2D eigenvalue weighted by Crippen LogP contribution is 2.44. The third-order valence-electron chi connectivity index (χ3n) is 6.07. The van der Waals surface area contributed by atoms with Crippen LogP contribution < -0.4 is 10.6 Å². The molecule has 4 atom stereocenters. The normalized spacial score (nSPS) is 29.9. The number of hydrogen-bond donors (Lipinski definition) is 2. The Hall–Kier alpha value is -1.34. The van der Waals surface area contributed by atoms with Crippen molar-refractivity contribution < 1.29 is 14.3 Å². The van der Waals surface area contributed by atoms with Crippen LogP contribution in [0.15, 0.2) is 4.99 Å². The van der Waals surface area contributed by atoms with Gasteiger partial charge in [0, 0.05) is 45.8 Å². The predicted octanol–water partition coefficient (Wildman–Crippen LogP) is 1.24. The van der Waals surface area contributed by atoms with E-state index in [4.69, 9.17) is 9.47 Å². The Bertz CT molecular complexity index is 505. The molecule has 2 bridgehead atoms. The van der Waals surface area contributed by atoms with Gasteiger partial charge < -0.3 is 25.0 Å². The predicted molar refractivity (Wildman–Crippen MR) is 106 cm³/mol. The standard InChI is InChI=1S/C20H36N4O3/c1-24(2)19(25)12-22-20(23-18-11-15-4-5-17(18)10-15)21-7-3-8-26-13-16-6-9-27-14-16/h15-18H,3-14H2,1-2H3,(H2,21,22,23). The molecule has 0 spiro atoms. The van der Waals surface area contributed by atoms with E-state index >= 15 is 0 Å². The van der Waals surface area contributed by atoms with E-state index in [0.717, 1.165) is 63.6 Å². The second-order valence-electron chi connectivity index (χ2n) is 8.46. The summed E-state index contributed by atoms with van der Waals surface area (Å²) >= 11 is 0. The Morgan fingerprint density at radius 2 is 2.15 bits per heavy atom. The molecule has 7 heteroatoms. The van der Waals surface area contributed by atoms with Crippen LogP contribution in [0.5, 0.6) is 0 Å². The fraction of sp³-hybridized carbons (Fsp3) is 0.900. The van der Waals surface area contributed by atoms with E-state index < -0.39 is 0 Å². The van der Waals surface area contributed by atoms with E-state index in [1.165, 1.54) is 25.7 Å². The molecule has 4 unspecified atom stereocenters. The lowest BCUT2D eigenvalue weighted by Gasteiger charge is -2.25. The van der Waals surface area contributed by atoms with Gasteiger partial charge in [-0.25, -0.2) is 4.99 Å². The van der Waals surface area contributed by atoms with Crippen LogP contribution >= 0.6 is 0 Å². The third kappa shape index (κ3) is 6.35. The van der Waals surface area contributed by atoms with Gasteiger partial charge in [-0.05, 0) is 43.9 Å². The largest absolute Gasteiger partial charge is 0.381 e. The summed E-state index contributed by atoms with van der Waals surface area (Å²) in [5, 5.41) is 6.98. The lowest BCUT2D eigenvalue weighted by Crippen LogP contribution is -2.46. The van der Waals surface area contributed by atoms with Crippen molar-refractivity contribution in [3.63, 3.8) is 0 Å². The molecule has 1 heterocycles. The molecule has 2 aliphatic carbocycles. The van der Waals surface area contributed by atoms with E-state index in [-0.39, 0.29) is 12.5 Å². The Morgan fingerprint density at radius 1 is 1.26 bits per heavy atom. The summed E-state index contributed by atoms with van der Waals surface area (Å²) in [5.41, 5.74) is 0. The zero-order valence-corrected chi connectivity index (χ0v) is 16.9. The van der Waals surface area contributed by atoms with Gasteiger partial charge in [0.15, 0.2) is 5.96 Å². The SMILES string of the molecule is CN(C)C(=O)CN=C(NCCCOCC1CCOC1)NC1CC2CCC1C2. The minimum atomic E-state index is 0.0196. The van der Waals surface area contributed by atoms with Crippen molar-refractivity contribution in [3.8, 4) is 0 Å². The molecule has 2 saturated carbocycles. The number of aliphatic imine (C=N–C) groups is 1. The maximum atomic E-state index is 11.9. The maximum absolute atomic E-state index is 11.9. The molecule has 0 aromatic carbocycles. The van der Waals surface area contributed by atoms with Crippen molar-refractivity contribution in [2.75, 3.05) is 53.6 Å². The summed E-state index contributed by atoms with van der Waals surface area (Å²) in [6.45, 7) is 4.21. The summed E-state index contributed by atoms with van der Waals surface area (Å²) in [6.07, 6.45) is 7.32. The van der Waals surface area contributed by atoms with Crippen molar-refractivity contribution in [3.05, 3.63) is 0 Å². The minimum absolute atomic E-state index is 0.0196. The highest BCUT2D eigenvalue weighted by molar-refractivity contribution is 5.85. The van der Waals surface area contributed by atoms with Gasteiger partial charge in [0.2, 0.25) is 5.91 Å². The first-order valence-electron chi connectivity index (χ1n) is 10.5. The van der Waals surface area contributed by atoms with Crippen molar-refractivity contribution >= 4 is 11.9 Å². The van der Waals surface area contributed by atoms with E-state index in [2.05, 4.69) is 15.6 Å². The van der Waals surface area contributed by atoms with Gasteiger partial charge in [-0.3, -0.25) is 4.79 Å². The van der Waals surface area contributed by atoms with Crippen molar-refractivity contribution in [2.45, 2.75) is 44.6 Å². The van der Waals surface area contributed by atoms with Crippen LogP contribution in [0.4, 0.5) is 0 Å². The van der Waals surface area contributed by atoms with E-state index in [0.29, 0.717) is 12.0 Å². The number of carbonyl (C=O) groups is 1. The quantitative estimate of drug-likeness (QED) is 0.358. The highest BCUT2D eigenvalue weighted by Gasteiger charge is 2.39. The van der Waals surface area contributed by atoms with E-state index in [1.807, 2.05) is 0 Å². The fourth-order valence-electron chi connectivity index (χ4n) is 4.38. The minimum Gasteiger partial charge on any atom is -0.381 e. The Labute approximate surface area is 163 Å². The summed E-state index contributed by atoms with van der Waals surface area (Å²) in [6, 6.07) is 0.503. The number of carbonyl (C=O) groups excluding carboxylic acids is 1. The number of rotatable bonds is 9. The number of amides is 1. The number of nitrogens with one attached hydrogen (secondary N) is 2. The summed E-state index contributed by atoms with van der Waals surface area (Å²) in [7, 11) is 3.53.